The number of nitrogens with one attached hydrogen (secondary N) is 1. The first kappa shape index (κ1) is 21.2. The molecule has 1 aliphatic rings. The molecule has 1 aromatic carbocycles. The first-order valence-electron chi connectivity index (χ1n) is 10.1. The van der Waals surface area contributed by atoms with E-state index in [9.17, 15) is 19.5 Å². The Balaban J connectivity index is 1.61. The Morgan fingerprint density at radius 3 is 2.53 bits per heavy atom. The zero-order valence-electron chi connectivity index (χ0n) is 17.7. The maximum atomic E-state index is 13.3. The average Bonchev–Trinajstić information content (AvgIpc) is 3.34. The van der Waals surface area contributed by atoms with Crippen molar-refractivity contribution in [2.24, 2.45) is 7.05 Å². The van der Waals surface area contributed by atoms with Crippen LogP contribution in [0.1, 0.15) is 55.2 Å². The fourth-order valence-corrected chi connectivity index (χ4v) is 3.82. The molecule has 1 fully saturated rings. The Hall–Kier alpha value is -4.02. The summed E-state index contributed by atoms with van der Waals surface area (Å²) >= 11 is 0. The fourth-order valence-electron chi connectivity index (χ4n) is 3.82. The number of amides is 2. The topological polar surface area (TPSA) is 137 Å². The van der Waals surface area contributed by atoms with Gasteiger partial charge in [-0.2, -0.15) is 10.2 Å². The summed E-state index contributed by atoms with van der Waals surface area (Å²) in [6.45, 7) is 2.72. The lowest BCUT2D eigenvalue weighted by atomic mass is 10.1. The van der Waals surface area contributed by atoms with Gasteiger partial charge in [0.2, 0.25) is 0 Å². The van der Waals surface area contributed by atoms with Crippen molar-refractivity contribution < 1.29 is 19.5 Å². The molecule has 11 heteroatoms. The molecule has 2 aromatic heterocycles. The third-order valence-corrected chi connectivity index (χ3v) is 5.43. The predicted molar refractivity (Wildman–Crippen MR) is 112 cm³/mol. The molecule has 2 N–H and O–H groups in total. The van der Waals surface area contributed by atoms with E-state index in [0.29, 0.717) is 42.3 Å². The smallest absolute Gasteiger partial charge is 0.335 e. The van der Waals surface area contributed by atoms with Crippen molar-refractivity contribution in [2.45, 2.75) is 19.4 Å². The molecule has 3 heterocycles. The van der Waals surface area contributed by atoms with Gasteiger partial charge in [-0.1, -0.05) is 6.07 Å². The van der Waals surface area contributed by atoms with Gasteiger partial charge in [0, 0.05) is 38.4 Å². The molecular weight excluding hydrogens is 414 g/mol. The van der Waals surface area contributed by atoms with Gasteiger partial charge in [-0.3, -0.25) is 19.4 Å². The zero-order chi connectivity index (χ0) is 22.8. The summed E-state index contributed by atoms with van der Waals surface area (Å²) in [5.74, 6) is -0.469. The number of hydrogen-bond acceptors (Lipinski definition) is 6. The van der Waals surface area contributed by atoms with Crippen molar-refractivity contribution in [3.8, 4) is 0 Å². The highest BCUT2D eigenvalue weighted by atomic mass is 16.4. The van der Waals surface area contributed by atoms with E-state index in [0.717, 1.165) is 0 Å². The summed E-state index contributed by atoms with van der Waals surface area (Å²) in [5.41, 5.74) is 0.786. The number of hydrogen-bond donors (Lipinski definition) is 2. The highest BCUT2D eigenvalue weighted by Gasteiger charge is 2.34. The Bertz CT molecular complexity index is 1170. The second kappa shape index (κ2) is 8.61. The molecule has 1 unspecified atom stereocenters. The zero-order valence-corrected chi connectivity index (χ0v) is 17.7. The quantitative estimate of drug-likeness (QED) is 0.627. The minimum absolute atomic E-state index is 0.0492. The fraction of sp³-hybridized carbons (Fsp3) is 0.333. The summed E-state index contributed by atoms with van der Waals surface area (Å²) in [5, 5.41) is 20.4. The average molecular weight is 437 g/mol. The molecule has 0 aliphatic carbocycles. The van der Waals surface area contributed by atoms with E-state index >= 15 is 0 Å². The van der Waals surface area contributed by atoms with Crippen molar-refractivity contribution in [1.82, 2.24) is 34.8 Å². The first-order valence-corrected chi connectivity index (χ1v) is 10.1. The molecule has 3 aromatic rings. The van der Waals surface area contributed by atoms with Crippen molar-refractivity contribution in [3.05, 3.63) is 65.0 Å². The summed E-state index contributed by atoms with van der Waals surface area (Å²) < 4.78 is 1.56. The summed E-state index contributed by atoms with van der Waals surface area (Å²) in [6, 6.07) is 5.53. The number of H-pyrrole nitrogens is 1. The summed E-state index contributed by atoms with van der Waals surface area (Å²) in [7, 11) is 1.74. The first-order chi connectivity index (χ1) is 15.3. The van der Waals surface area contributed by atoms with Gasteiger partial charge in [0.05, 0.1) is 23.4 Å². The second-order valence-electron chi connectivity index (χ2n) is 7.66. The number of nitrogens with zero attached hydrogens (tertiary/aromatic N) is 6. The molecule has 1 atom stereocenters. The van der Waals surface area contributed by atoms with E-state index in [1.54, 1.807) is 46.8 Å². The van der Waals surface area contributed by atoms with Gasteiger partial charge in [0.15, 0.2) is 5.82 Å². The lowest BCUT2D eigenvalue weighted by Crippen LogP contribution is -2.38. The van der Waals surface area contributed by atoms with E-state index in [2.05, 4.69) is 20.3 Å². The number of carboxylic acids is 1. The summed E-state index contributed by atoms with van der Waals surface area (Å²) in [6.07, 6.45) is 3.59. The highest BCUT2D eigenvalue weighted by molar-refractivity contribution is 5.98. The number of aromatic carboxylic acids is 1. The molecule has 32 heavy (non-hydrogen) atoms. The van der Waals surface area contributed by atoms with Crippen LogP contribution in [-0.4, -0.2) is 77.3 Å². The van der Waals surface area contributed by atoms with Crippen molar-refractivity contribution >= 4 is 17.8 Å². The Morgan fingerprint density at radius 1 is 1.09 bits per heavy atom. The maximum Gasteiger partial charge on any atom is 0.335 e. The summed E-state index contributed by atoms with van der Waals surface area (Å²) in [4.78, 5) is 45.3. The third-order valence-electron chi connectivity index (χ3n) is 5.43. The van der Waals surface area contributed by atoms with E-state index in [1.165, 1.54) is 18.3 Å². The van der Waals surface area contributed by atoms with Crippen LogP contribution >= 0.6 is 0 Å². The number of carbonyl (C=O) groups excluding carboxylic acids is 2. The van der Waals surface area contributed by atoms with Crippen LogP contribution in [-0.2, 0) is 7.05 Å². The van der Waals surface area contributed by atoms with Gasteiger partial charge in [-0.25, -0.2) is 9.78 Å². The molecule has 0 spiro atoms. The largest absolute Gasteiger partial charge is 0.478 e. The Morgan fingerprint density at radius 2 is 1.88 bits per heavy atom. The molecule has 1 aliphatic heterocycles. The van der Waals surface area contributed by atoms with Crippen LogP contribution in [0, 0.1) is 6.92 Å². The normalized spacial score (nSPS) is 16.6. The number of aromatic nitrogens is 5. The number of carboxylic acid groups (broad SMARTS) is 1. The van der Waals surface area contributed by atoms with Gasteiger partial charge < -0.3 is 14.9 Å². The molecule has 11 nitrogen and oxygen atoms in total. The van der Waals surface area contributed by atoms with E-state index in [-0.39, 0.29) is 23.9 Å². The number of carbonyl (C=O) groups is 3. The van der Waals surface area contributed by atoms with Crippen LogP contribution in [0.2, 0.25) is 0 Å². The van der Waals surface area contributed by atoms with Gasteiger partial charge in [0.25, 0.3) is 11.8 Å². The van der Waals surface area contributed by atoms with Gasteiger partial charge >= 0.3 is 5.97 Å². The van der Waals surface area contributed by atoms with Gasteiger partial charge in [-0.15, -0.1) is 0 Å². The van der Waals surface area contributed by atoms with Gasteiger partial charge in [-0.05, 0) is 31.5 Å². The number of aryl methyl sites for hydroxylation is 2. The maximum absolute atomic E-state index is 13.3. The van der Waals surface area contributed by atoms with Crippen LogP contribution in [0.25, 0.3) is 0 Å². The minimum Gasteiger partial charge on any atom is -0.478 e. The Kier molecular flexibility index (Phi) is 5.71. The van der Waals surface area contributed by atoms with Crippen molar-refractivity contribution in [1.29, 1.82) is 0 Å². The molecule has 0 bridgehead atoms. The molecule has 0 saturated carbocycles. The molecule has 1 saturated heterocycles. The molecule has 4 rings (SSSR count). The van der Waals surface area contributed by atoms with Crippen molar-refractivity contribution in [2.75, 3.05) is 19.6 Å². The minimum atomic E-state index is -1.09. The van der Waals surface area contributed by atoms with Crippen molar-refractivity contribution in [3.63, 3.8) is 0 Å². The third kappa shape index (κ3) is 4.22. The molecule has 2 amide bonds. The van der Waals surface area contributed by atoms with E-state index in [4.69, 9.17) is 0 Å². The number of aromatic amines is 1. The number of rotatable bonds is 4. The molecule has 0 radical (unpaired) electrons. The van der Waals surface area contributed by atoms with Crippen LogP contribution in [0.4, 0.5) is 0 Å². The molecular formula is C21H23N7O4. The Labute approximate surface area is 183 Å². The number of benzene rings is 1. The van der Waals surface area contributed by atoms with Gasteiger partial charge in [0.1, 0.15) is 5.82 Å². The molecule has 166 valence electrons. The standard InChI is InChI=1S/C21H23N7O4/c1-13-23-18(25-24-13)17-6-7-27(19(29)14-4-3-5-15(10-14)21(31)32)8-9-28(17)20(30)16-11-22-26(2)12-16/h3-5,10-12,17H,6-9H2,1-2H3,(H,31,32)(H,23,24,25). The van der Waals surface area contributed by atoms with E-state index < -0.39 is 12.0 Å². The highest BCUT2D eigenvalue weighted by Crippen LogP contribution is 2.27. The van der Waals surface area contributed by atoms with Crippen LogP contribution in [0.5, 0.6) is 0 Å². The van der Waals surface area contributed by atoms with Crippen LogP contribution in [0.15, 0.2) is 36.7 Å². The predicted octanol–water partition coefficient (Wildman–Crippen LogP) is 1.27. The van der Waals surface area contributed by atoms with E-state index in [1.807, 2.05) is 0 Å². The lowest BCUT2D eigenvalue weighted by molar-refractivity contribution is 0.0662. The second-order valence-corrected chi connectivity index (χ2v) is 7.66. The monoisotopic (exact) mass is 437 g/mol. The van der Waals surface area contributed by atoms with Crippen LogP contribution in [0.3, 0.4) is 0 Å². The lowest BCUT2D eigenvalue weighted by Gasteiger charge is -2.27. The van der Waals surface area contributed by atoms with Crippen LogP contribution < -0.4 is 0 Å². The SMILES string of the molecule is Cc1nc(C2CCN(C(=O)c3cccc(C(=O)O)c3)CCN2C(=O)c2cnn(C)c2)n[nH]1.